The van der Waals surface area contributed by atoms with Gasteiger partial charge < -0.3 is 9.88 Å². The number of aromatic amines is 1. The Morgan fingerprint density at radius 2 is 1.86 bits per heavy atom. The van der Waals surface area contributed by atoms with Gasteiger partial charge in [-0.3, -0.25) is 0 Å². The SMILES string of the molecule is C=C(C)c1c(C(F)(F)F)ccc2c1CN(S(=O)(=O)C(F)(F)F)C[C@H](C13CC(C1)C3)N2Cc1cnc[nH]1. The second kappa shape index (κ2) is 7.98. The summed E-state index contributed by atoms with van der Waals surface area (Å²) >= 11 is 0. The summed E-state index contributed by atoms with van der Waals surface area (Å²) in [7, 11) is -5.83. The first-order valence-corrected chi connectivity index (χ1v) is 12.8. The van der Waals surface area contributed by atoms with Gasteiger partial charge in [0.2, 0.25) is 0 Å². The number of nitrogens with one attached hydrogen (secondary N) is 1. The van der Waals surface area contributed by atoms with Crippen molar-refractivity contribution in [2.75, 3.05) is 11.4 Å². The zero-order chi connectivity index (χ0) is 26.3. The number of halogens is 6. The van der Waals surface area contributed by atoms with Crippen molar-refractivity contribution in [1.29, 1.82) is 0 Å². The number of hydrogen-bond acceptors (Lipinski definition) is 4. The molecule has 3 fully saturated rings. The van der Waals surface area contributed by atoms with Crippen LogP contribution in [0.3, 0.4) is 0 Å². The highest BCUT2D eigenvalue weighted by Gasteiger charge is 2.63. The third kappa shape index (κ3) is 3.82. The van der Waals surface area contributed by atoms with E-state index in [1.165, 1.54) is 25.5 Å². The van der Waals surface area contributed by atoms with Crippen LogP contribution in [0.4, 0.5) is 32.0 Å². The van der Waals surface area contributed by atoms with Crippen molar-refractivity contribution in [3.8, 4) is 0 Å². The minimum atomic E-state index is -5.83. The van der Waals surface area contributed by atoms with Gasteiger partial charge in [-0.15, -0.1) is 0 Å². The molecule has 0 spiro atoms. The first kappa shape index (κ1) is 25.1. The molecule has 1 aromatic carbocycles. The molecule has 1 aliphatic heterocycles. The summed E-state index contributed by atoms with van der Waals surface area (Å²) in [6, 6.07) is 1.47. The second-order valence-electron chi connectivity index (χ2n) is 10.1. The lowest BCUT2D eigenvalue weighted by Gasteiger charge is -2.67. The predicted octanol–water partition coefficient (Wildman–Crippen LogP) is 5.30. The molecule has 3 saturated carbocycles. The first-order valence-electron chi connectivity index (χ1n) is 11.3. The molecule has 2 aromatic rings. The van der Waals surface area contributed by atoms with E-state index in [0.717, 1.165) is 25.3 Å². The molecule has 36 heavy (non-hydrogen) atoms. The van der Waals surface area contributed by atoms with Crippen LogP contribution in [0.5, 0.6) is 0 Å². The van der Waals surface area contributed by atoms with E-state index in [4.69, 9.17) is 0 Å². The minimum absolute atomic E-state index is 0.0195. The number of hydrogen-bond donors (Lipinski definition) is 1. The molecule has 2 heterocycles. The quantitative estimate of drug-likeness (QED) is 0.529. The zero-order valence-electron chi connectivity index (χ0n) is 19.2. The fourth-order valence-electron chi connectivity index (χ4n) is 6.05. The number of aromatic nitrogens is 2. The number of nitrogens with zero attached hydrogens (tertiary/aromatic N) is 3. The molecule has 6 rings (SSSR count). The van der Waals surface area contributed by atoms with E-state index in [0.29, 0.717) is 15.9 Å². The Hall–Kier alpha value is -2.54. The van der Waals surface area contributed by atoms with E-state index >= 15 is 0 Å². The van der Waals surface area contributed by atoms with Crippen molar-refractivity contribution in [3.63, 3.8) is 0 Å². The highest BCUT2D eigenvalue weighted by molar-refractivity contribution is 7.89. The molecule has 3 aliphatic carbocycles. The lowest BCUT2D eigenvalue weighted by atomic mass is 9.41. The molecule has 1 N–H and O–H groups in total. The maximum atomic E-state index is 14.0. The van der Waals surface area contributed by atoms with Crippen molar-refractivity contribution in [2.45, 2.75) is 57.0 Å². The predicted molar refractivity (Wildman–Crippen MR) is 120 cm³/mol. The summed E-state index contributed by atoms with van der Waals surface area (Å²) in [5.74, 6) is 0.438. The molecule has 2 bridgehead atoms. The largest absolute Gasteiger partial charge is 0.511 e. The summed E-state index contributed by atoms with van der Waals surface area (Å²) in [5, 5.41) is 0. The van der Waals surface area contributed by atoms with Gasteiger partial charge in [-0.25, -0.2) is 13.4 Å². The van der Waals surface area contributed by atoms with Crippen LogP contribution in [0.15, 0.2) is 31.2 Å². The molecule has 0 unspecified atom stereocenters. The number of allylic oxidation sites excluding steroid dienone is 1. The highest BCUT2D eigenvalue weighted by atomic mass is 32.2. The Labute approximate surface area is 204 Å². The van der Waals surface area contributed by atoms with Crippen molar-refractivity contribution in [1.82, 2.24) is 14.3 Å². The van der Waals surface area contributed by atoms with Gasteiger partial charge in [0.05, 0.1) is 24.1 Å². The molecular weight excluding hydrogens is 510 g/mol. The maximum absolute atomic E-state index is 14.0. The molecular formula is C23H24F6N4O2S. The lowest BCUT2D eigenvalue weighted by molar-refractivity contribution is -0.137. The van der Waals surface area contributed by atoms with Gasteiger partial charge in [0.15, 0.2) is 0 Å². The van der Waals surface area contributed by atoms with Crippen LogP contribution in [0, 0.1) is 11.3 Å². The lowest BCUT2D eigenvalue weighted by Crippen LogP contribution is -2.66. The van der Waals surface area contributed by atoms with E-state index < -0.39 is 51.8 Å². The molecule has 0 radical (unpaired) electrons. The number of alkyl halides is 6. The summed E-state index contributed by atoms with van der Waals surface area (Å²) in [5.41, 5.74) is -6.74. The molecule has 0 amide bonds. The van der Waals surface area contributed by atoms with Crippen molar-refractivity contribution < 1.29 is 34.8 Å². The van der Waals surface area contributed by atoms with Crippen LogP contribution in [-0.4, -0.2) is 40.8 Å². The Balaban J connectivity index is 1.75. The van der Waals surface area contributed by atoms with E-state index in [1.54, 1.807) is 4.90 Å². The Morgan fingerprint density at radius 1 is 1.19 bits per heavy atom. The van der Waals surface area contributed by atoms with Crippen LogP contribution in [0.2, 0.25) is 0 Å². The number of rotatable bonds is 5. The number of fused-ring (bicyclic) bond motifs is 1. The summed E-state index contributed by atoms with van der Waals surface area (Å²) in [6.45, 7) is 3.76. The number of sulfonamides is 1. The van der Waals surface area contributed by atoms with Gasteiger partial charge in [0.25, 0.3) is 0 Å². The average molecular weight is 535 g/mol. The standard InChI is InChI=1S/C23H24F6N4O2S/c1-13(2)20-16-10-32(36(34,35)23(27,28)29)11-19(21-5-14(6-21)7-21)33(9-15-8-30-12-31-15)18(16)4-3-17(20)22(24,25)26/h3-4,8,12,14,19H,1,5-7,9-11H2,2H3,(H,30,31)/t14?,19-,21?/m1/s1. The molecule has 1 atom stereocenters. The van der Waals surface area contributed by atoms with Crippen LogP contribution in [-0.2, 0) is 29.3 Å². The van der Waals surface area contributed by atoms with Gasteiger partial charge in [0, 0.05) is 31.0 Å². The minimum Gasteiger partial charge on any atom is -0.360 e. The fourth-order valence-corrected chi connectivity index (χ4v) is 6.98. The second-order valence-corrected chi connectivity index (χ2v) is 12.0. The summed E-state index contributed by atoms with van der Waals surface area (Å²) in [6.07, 6.45) is 0.347. The van der Waals surface area contributed by atoms with Gasteiger partial charge in [-0.2, -0.15) is 30.6 Å². The zero-order valence-corrected chi connectivity index (χ0v) is 20.1. The van der Waals surface area contributed by atoms with Crippen LogP contribution < -0.4 is 4.90 Å². The molecule has 4 aliphatic rings. The Morgan fingerprint density at radius 3 is 2.33 bits per heavy atom. The van der Waals surface area contributed by atoms with E-state index in [9.17, 15) is 34.8 Å². The van der Waals surface area contributed by atoms with Crippen molar-refractivity contribution in [2.24, 2.45) is 11.3 Å². The summed E-state index contributed by atoms with van der Waals surface area (Å²) < 4.78 is 109. The number of imidazole rings is 1. The average Bonchev–Trinajstić information content (AvgIpc) is 3.14. The van der Waals surface area contributed by atoms with Crippen LogP contribution in [0.1, 0.15) is 48.6 Å². The van der Waals surface area contributed by atoms with E-state index in [-0.39, 0.29) is 28.9 Å². The molecule has 1 aromatic heterocycles. The van der Waals surface area contributed by atoms with Gasteiger partial charge >= 0.3 is 21.7 Å². The molecule has 196 valence electrons. The molecule has 6 nitrogen and oxygen atoms in total. The van der Waals surface area contributed by atoms with Crippen LogP contribution >= 0.6 is 0 Å². The molecule has 13 heteroatoms. The smallest absolute Gasteiger partial charge is 0.360 e. The van der Waals surface area contributed by atoms with Gasteiger partial charge in [-0.1, -0.05) is 12.2 Å². The first-order chi connectivity index (χ1) is 16.6. The third-order valence-electron chi connectivity index (χ3n) is 7.74. The Kier molecular flexibility index (Phi) is 5.57. The van der Waals surface area contributed by atoms with Gasteiger partial charge in [0.1, 0.15) is 0 Å². The van der Waals surface area contributed by atoms with E-state index in [1.807, 2.05) is 0 Å². The topological polar surface area (TPSA) is 69.3 Å². The fraction of sp³-hybridized carbons (Fsp3) is 0.522. The third-order valence-corrected chi connectivity index (χ3v) is 9.28. The monoisotopic (exact) mass is 534 g/mol. The number of H-pyrrole nitrogens is 1. The number of benzene rings is 1. The number of anilines is 1. The van der Waals surface area contributed by atoms with Gasteiger partial charge in [-0.05, 0) is 60.8 Å². The van der Waals surface area contributed by atoms with Crippen LogP contribution in [0.25, 0.3) is 5.57 Å². The Bertz CT molecular complexity index is 1290. The summed E-state index contributed by atoms with van der Waals surface area (Å²) in [4.78, 5) is 8.67. The van der Waals surface area contributed by atoms with E-state index in [2.05, 4.69) is 16.5 Å². The van der Waals surface area contributed by atoms with Crippen molar-refractivity contribution in [3.05, 3.63) is 53.6 Å². The normalized spacial score (nSPS) is 26.6. The maximum Gasteiger partial charge on any atom is 0.511 e. The molecule has 0 saturated heterocycles. The highest BCUT2D eigenvalue weighted by Crippen LogP contribution is 2.68. The van der Waals surface area contributed by atoms with Crippen molar-refractivity contribution >= 4 is 21.3 Å².